The second-order valence-electron chi connectivity index (χ2n) is 4.58. The Hall–Kier alpha value is -1.82. The molecule has 6 heteroatoms. The van der Waals surface area contributed by atoms with Crippen molar-refractivity contribution in [1.82, 2.24) is 5.32 Å². The lowest BCUT2D eigenvalue weighted by Gasteiger charge is -2.15. The molecule has 1 amide bonds. The van der Waals surface area contributed by atoms with Gasteiger partial charge in [-0.15, -0.1) is 0 Å². The van der Waals surface area contributed by atoms with Gasteiger partial charge < -0.3 is 10.1 Å². The summed E-state index contributed by atoms with van der Waals surface area (Å²) < 4.78 is 4.47. The molecule has 0 aliphatic rings. The average Bonchev–Trinajstić information content (AvgIpc) is 2.52. The first-order chi connectivity index (χ1) is 10.1. The van der Waals surface area contributed by atoms with Crippen molar-refractivity contribution in [1.29, 1.82) is 0 Å². The monoisotopic (exact) mass is 309 g/mol. The van der Waals surface area contributed by atoms with Gasteiger partial charge in [-0.25, -0.2) is 0 Å². The molecule has 1 atom stereocenters. The summed E-state index contributed by atoms with van der Waals surface area (Å²) in [6, 6.07) is 9.42. The van der Waals surface area contributed by atoms with E-state index in [0.717, 1.165) is 5.56 Å². The summed E-state index contributed by atoms with van der Waals surface area (Å²) in [5.41, 5.74) is 0.961. The Morgan fingerprint density at radius 1 is 1.24 bits per heavy atom. The number of thiol groups is 1. The van der Waals surface area contributed by atoms with Crippen molar-refractivity contribution in [3.63, 3.8) is 0 Å². The number of Topliss-reactive ketones (excluding diaryl/α,β-unsaturated/α-hetero) is 1. The highest BCUT2D eigenvalue weighted by Crippen LogP contribution is 2.13. The van der Waals surface area contributed by atoms with Crippen LogP contribution >= 0.6 is 12.6 Å². The van der Waals surface area contributed by atoms with Crippen LogP contribution in [0.15, 0.2) is 30.3 Å². The van der Waals surface area contributed by atoms with Gasteiger partial charge >= 0.3 is 5.97 Å². The van der Waals surface area contributed by atoms with Crippen molar-refractivity contribution in [3.05, 3.63) is 35.9 Å². The average molecular weight is 309 g/mol. The van der Waals surface area contributed by atoms with E-state index in [1.807, 2.05) is 30.3 Å². The van der Waals surface area contributed by atoms with E-state index in [1.165, 1.54) is 7.11 Å². The number of hydrogen-bond donors (Lipinski definition) is 2. The van der Waals surface area contributed by atoms with Gasteiger partial charge in [0, 0.05) is 18.1 Å². The van der Waals surface area contributed by atoms with E-state index in [2.05, 4.69) is 22.7 Å². The summed E-state index contributed by atoms with van der Waals surface area (Å²) in [7, 11) is 1.25. The standard InChI is InChI=1S/C15H19NO4S/c1-20-14(18)9-16-15(19)12(8-13(17)10-21)7-11-5-3-2-4-6-11/h2-6,12,21H,7-10H2,1H3,(H,16,19)/t12-/m0/s1. The molecule has 0 aliphatic heterocycles. The molecule has 5 nitrogen and oxygen atoms in total. The lowest BCUT2D eigenvalue weighted by Crippen LogP contribution is -2.37. The Bertz CT molecular complexity index is 490. The molecule has 0 heterocycles. The molecule has 1 aromatic rings. The Balaban J connectivity index is 2.69. The second-order valence-corrected chi connectivity index (χ2v) is 4.90. The van der Waals surface area contributed by atoms with Crippen molar-refractivity contribution >= 4 is 30.3 Å². The van der Waals surface area contributed by atoms with Crippen molar-refractivity contribution in [3.8, 4) is 0 Å². The van der Waals surface area contributed by atoms with Gasteiger partial charge in [-0.2, -0.15) is 12.6 Å². The van der Waals surface area contributed by atoms with Gasteiger partial charge in [0.15, 0.2) is 0 Å². The molecule has 0 unspecified atom stereocenters. The summed E-state index contributed by atoms with van der Waals surface area (Å²) in [5.74, 6) is -1.39. The number of ketones is 1. The number of methoxy groups -OCH3 is 1. The van der Waals surface area contributed by atoms with Crippen LogP contribution in [-0.2, 0) is 25.5 Å². The number of benzene rings is 1. The number of amides is 1. The number of ether oxygens (including phenoxy) is 1. The van der Waals surface area contributed by atoms with E-state index >= 15 is 0 Å². The number of carbonyl (C=O) groups is 3. The molecule has 0 bridgehead atoms. The molecule has 1 aromatic carbocycles. The first-order valence-electron chi connectivity index (χ1n) is 6.57. The van der Waals surface area contributed by atoms with Crippen molar-refractivity contribution in [2.24, 2.45) is 5.92 Å². The van der Waals surface area contributed by atoms with Gasteiger partial charge in [-0.3, -0.25) is 14.4 Å². The molecule has 0 aromatic heterocycles. The van der Waals surface area contributed by atoms with Crippen LogP contribution in [-0.4, -0.2) is 37.1 Å². The van der Waals surface area contributed by atoms with Gasteiger partial charge in [0.05, 0.1) is 7.11 Å². The van der Waals surface area contributed by atoms with Crippen LogP contribution in [0.1, 0.15) is 12.0 Å². The SMILES string of the molecule is COC(=O)CNC(=O)[C@H](CC(=O)CS)Cc1ccccc1. The first kappa shape index (κ1) is 17.2. The highest BCUT2D eigenvalue weighted by atomic mass is 32.1. The quantitative estimate of drug-likeness (QED) is 0.555. The van der Waals surface area contributed by atoms with Crippen molar-refractivity contribution in [2.45, 2.75) is 12.8 Å². The maximum absolute atomic E-state index is 12.1. The van der Waals surface area contributed by atoms with E-state index in [1.54, 1.807) is 0 Å². The first-order valence-corrected chi connectivity index (χ1v) is 7.21. The summed E-state index contributed by atoms with van der Waals surface area (Å²) in [5, 5.41) is 2.49. The molecular formula is C15H19NO4S. The van der Waals surface area contributed by atoms with Crippen LogP contribution in [0.25, 0.3) is 0 Å². The Morgan fingerprint density at radius 3 is 2.48 bits per heavy atom. The zero-order valence-electron chi connectivity index (χ0n) is 11.9. The largest absolute Gasteiger partial charge is 0.468 e. The predicted molar refractivity (Wildman–Crippen MR) is 82.1 cm³/mol. The minimum atomic E-state index is -0.526. The van der Waals surface area contributed by atoms with Gasteiger partial charge in [-0.05, 0) is 12.0 Å². The van der Waals surface area contributed by atoms with E-state index < -0.39 is 11.9 Å². The third-order valence-electron chi connectivity index (χ3n) is 2.98. The van der Waals surface area contributed by atoms with Crippen LogP contribution in [0, 0.1) is 5.92 Å². The summed E-state index contributed by atoms with van der Waals surface area (Å²) >= 11 is 3.93. The molecule has 1 N–H and O–H groups in total. The van der Waals surface area contributed by atoms with Crippen LogP contribution in [0.5, 0.6) is 0 Å². The predicted octanol–water partition coefficient (Wildman–Crippen LogP) is 1.02. The molecule has 21 heavy (non-hydrogen) atoms. The van der Waals surface area contributed by atoms with E-state index in [4.69, 9.17) is 0 Å². The van der Waals surface area contributed by atoms with E-state index in [0.29, 0.717) is 6.42 Å². The van der Waals surface area contributed by atoms with Crippen LogP contribution < -0.4 is 5.32 Å². The molecular weight excluding hydrogens is 290 g/mol. The highest BCUT2D eigenvalue weighted by Gasteiger charge is 2.22. The van der Waals surface area contributed by atoms with Crippen LogP contribution in [0.2, 0.25) is 0 Å². The fourth-order valence-corrected chi connectivity index (χ4v) is 2.00. The third kappa shape index (κ3) is 6.44. The van der Waals surface area contributed by atoms with Gasteiger partial charge in [-0.1, -0.05) is 30.3 Å². The maximum atomic E-state index is 12.1. The smallest absolute Gasteiger partial charge is 0.325 e. The molecule has 1 rings (SSSR count). The Kier molecular flexibility index (Phi) is 7.53. The normalized spacial score (nSPS) is 11.5. The lowest BCUT2D eigenvalue weighted by molar-refractivity contribution is -0.141. The van der Waals surface area contributed by atoms with Crippen molar-refractivity contribution in [2.75, 3.05) is 19.4 Å². The molecule has 0 aliphatic carbocycles. The maximum Gasteiger partial charge on any atom is 0.325 e. The van der Waals surface area contributed by atoms with Gasteiger partial charge in [0.25, 0.3) is 0 Å². The number of carbonyl (C=O) groups excluding carboxylic acids is 3. The number of esters is 1. The van der Waals surface area contributed by atoms with Crippen molar-refractivity contribution < 1.29 is 19.1 Å². The summed E-state index contributed by atoms with van der Waals surface area (Å²) in [6.45, 7) is -0.199. The van der Waals surface area contributed by atoms with Crippen LogP contribution in [0.4, 0.5) is 0 Å². The second kappa shape index (κ2) is 9.18. The molecule has 0 fully saturated rings. The zero-order chi connectivity index (χ0) is 15.7. The number of rotatable bonds is 8. The number of nitrogens with one attached hydrogen (secondary N) is 1. The fraction of sp³-hybridized carbons (Fsp3) is 0.400. The van der Waals surface area contributed by atoms with E-state index in [9.17, 15) is 14.4 Å². The van der Waals surface area contributed by atoms with E-state index in [-0.39, 0.29) is 30.4 Å². The van der Waals surface area contributed by atoms with Gasteiger partial charge in [0.1, 0.15) is 12.3 Å². The summed E-state index contributed by atoms with van der Waals surface area (Å²) in [6.07, 6.45) is 0.540. The highest BCUT2D eigenvalue weighted by molar-refractivity contribution is 7.81. The third-order valence-corrected chi connectivity index (χ3v) is 3.33. The summed E-state index contributed by atoms with van der Waals surface area (Å²) in [4.78, 5) is 34.7. The Labute approximate surface area is 129 Å². The minimum absolute atomic E-state index is 0.0928. The van der Waals surface area contributed by atoms with Crippen LogP contribution in [0.3, 0.4) is 0 Å². The topological polar surface area (TPSA) is 72.5 Å². The van der Waals surface area contributed by atoms with Gasteiger partial charge in [0.2, 0.25) is 5.91 Å². The zero-order valence-corrected chi connectivity index (χ0v) is 12.8. The lowest BCUT2D eigenvalue weighted by atomic mass is 9.93. The fourth-order valence-electron chi connectivity index (χ4n) is 1.87. The molecule has 0 radical (unpaired) electrons. The molecule has 114 valence electrons. The number of hydrogen-bond acceptors (Lipinski definition) is 5. The Morgan fingerprint density at radius 2 is 1.90 bits per heavy atom. The minimum Gasteiger partial charge on any atom is -0.468 e. The molecule has 0 saturated carbocycles. The molecule has 0 saturated heterocycles. The molecule has 0 spiro atoms.